The van der Waals surface area contributed by atoms with Crippen molar-refractivity contribution in [2.24, 2.45) is 0 Å². The highest BCUT2D eigenvalue weighted by Gasteiger charge is 2.28. The third-order valence-corrected chi connectivity index (χ3v) is 6.47. The first-order valence-electron chi connectivity index (χ1n) is 10.7. The number of anilines is 1. The standard InChI is InChI=1S/C25H31N3O2/c1-16-5-6-17(2)24(13-16)27-25(29)18(3)28-11-9-19(10-12-28)22-15-26-23-8-7-20(30-4)14-21(22)23/h5-8,13-15,18-19,26H,9-12H2,1-4H3,(H,27,29). The summed E-state index contributed by atoms with van der Waals surface area (Å²) in [5.74, 6) is 1.45. The molecule has 1 amide bonds. The number of amides is 1. The van der Waals surface area contributed by atoms with Crippen LogP contribution < -0.4 is 10.1 Å². The topological polar surface area (TPSA) is 57.4 Å². The smallest absolute Gasteiger partial charge is 0.241 e. The molecule has 0 radical (unpaired) electrons. The number of hydrogen-bond donors (Lipinski definition) is 2. The number of piperidine rings is 1. The van der Waals surface area contributed by atoms with Crippen molar-refractivity contribution in [3.05, 3.63) is 59.3 Å². The van der Waals surface area contributed by atoms with E-state index in [0.29, 0.717) is 5.92 Å². The molecule has 0 saturated carbocycles. The molecule has 2 heterocycles. The highest BCUT2D eigenvalue weighted by atomic mass is 16.5. The Morgan fingerprint density at radius 1 is 1.17 bits per heavy atom. The van der Waals surface area contributed by atoms with Crippen molar-refractivity contribution in [3.8, 4) is 5.75 Å². The monoisotopic (exact) mass is 405 g/mol. The molecule has 2 N–H and O–H groups in total. The van der Waals surface area contributed by atoms with E-state index in [0.717, 1.165) is 54.0 Å². The molecule has 4 rings (SSSR count). The number of aryl methyl sites for hydroxylation is 2. The predicted molar refractivity (Wildman–Crippen MR) is 122 cm³/mol. The Labute approximate surface area is 178 Å². The van der Waals surface area contributed by atoms with E-state index in [-0.39, 0.29) is 11.9 Å². The van der Waals surface area contributed by atoms with Crippen molar-refractivity contribution in [3.63, 3.8) is 0 Å². The molecule has 3 aromatic rings. The largest absolute Gasteiger partial charge is 0.497 e. The number of likely N-dealkylation sites (tertiary alicyclic amines) is 1. The summed E-state index contributed by atoms with van der Waals surface area (Å²) in [7, 11) is 1.71. The van der Waals surface area contributed by atoms with Crippen molar-refractivity contribution >= 4 is 22.5 Å². The van der Waals surface area contributed by atoms with Crippen LogP contribution in [0.3, 0.4) is 0 Å². The summed E-state index contributed by atoms with van der Waals surface area (Å²) in [5, 5.41) is 4.37. The van der Waals surface area contributed by atoms with Crippen LogP contribution in [0.15, 0.2) is 42.6 Å². The van der Waals surface area contributed by atoms with Gasteiger partial charge >= 0.3 is 0 Å². The molecule has 5 heteroatoms. The van der Waals surface area contributed by atoms with Crippen LogP contribution in [0.5, 0.6) is 5.75 Å². The maximum absolute atomic E-state index is 12.9. The molecule has 30 heavy (non-hydrogen) atoms. The number of methoxy groups -OCH3 is 1. The Morgan fingerprint density at radius 3 is 2.67 bits per heavy atom. The Morgan fingerprint density at radius 2 is 1.93 bits per heavy atom. The zero-order chi connectivity index (χ0) is 21.3. The van der Waals surface area contributed by atoms with Gasteiger partial charge in [0.15, 0.2) is 0 Å². The number of nitrogens with zero attached hydrogens (tertiary/aromatic N) is 1. The third-order valence-electron chi connectivity index (χ3n) is 6.47. The third kappa shape index (κ3) is 4.08. The second-order valence-corrected chi connectivity index (χ2v) is 8.45. The SMILES string of the molecule is COc1ccc2[nH]cc(C3CCN(C(C)C(=O)Nc4cc(C)ccc4C)CC3)c2c1. The number of aromatic nitrogens is 1. The fourth-order valence-electron chi connectivity index (χ4n) is 4.46. The minimum atomic E-state index is -0.145. The van der Waals surface area contributed by atoms with Crippen molar-refractivity contribution < 1.29 is 9.53 Å². The molecule has 0 bridgehead atoms. The average Bonchev–Trinajstić information content (AvgIpc) is 3.19. The Kier molecular flexibility index (Phi) is 5.82. The molecule has 1 atom stereocenters. The summed E-state index contributed by atoms with van der Waals surface area (Å²) in [6.07, 6.45) is 4.23. The van der Waals surface area contributed by atoms with E-state index < -0.39 is 0 Å². The van der Waals surface area contributed by atoms with Gasteiger partial charge in [-0.1, -0.05) is 12.1 Å². The number of benzene rings is 2. The first kappa shape index (κ1) is 20.5. The van der Waals surface area contributed by atoms with Crippen LogP contribution >= 0.6 is 0 Å². The van der Waals surface area contributed by atoms with Gasteiger partial charge in [0.25, 0.3) is 0 Å². The fourth-order valence-corrected chi connectivity index (χ4v) is 4.46. The van der Waals surface area contributed by atoms with Crippen LogP contribution in [0.2, 0.25) is 0 Å². The van der Waals surface area contributed by atoms with Crippen molar-refractivity contribution in [2.45, 2.75) is 45.6 Å². The van der Waals surface area contributed by atoms with E-state index in [1.807, 2.05) is 32.9 Å². The summed E-state index contributed by atoms with van der Waals surface area (Å²) in [5.41, 5.74) is 5.66. The summed E-state index contributed by atoms with van der Waals surface area (Å²) in [6, 6.07) is 12.2. The first-order chi connectivity index (χ1) is 14.5. The van der Waals surface area contributed by atoms with Crippen LogP contribution in [-0.2, 0) is 4.79 Å². The summed E-state index contributed by atoms with van der Waals surface area (Å²) in [4.78, 5) is 18.5. The molecule has 1 aliphatic heterocycles. The minimum absolute atomic E-state index is 0.0685. The maximum Gasteiger partial charge on any atom is 0.241 e. The molecule has 1 aromatic heterocycles. The van der Waals surface area contributed by atoms with E-state index in [1.165, 1.54) is 10.9 Å². The van der Waals surface area contributed by atoms with E-state index >= 15 is 0 Å². The lowest BCUT2D eigenvalue weighted by molar-refractivity contribution is -0.121. The number of aromatic amines is 1. The molecule has 1 saturated heterocycles. The fraction of sp³-hybridized carbons (Fsp3) is 0.400. The number of nitrogens with one attached hydrogen (secondary N) is 2. The van der Waals surface area contributed by atoms with Gasteiger partial charge in [-0.25, -0.2) is 0 Å². The van der Waals surface area contributed by atoms with Gasteiger partial charge in [-0.15, -0.1) is 0 Å². The maximum atomic E-state index is 12.9. The lowest BCUT2D eigenvalue weighted by atomic mass is 9.88. The van der Waals surface area contributed by atoms with Crippen LogP contribution in [0.25, 0.3) is 10.9 Å². The van der Waals surface area contributed by atoms with Crippen molar-refractivity contribution in [1.82, 2.24) is 9.88 Å². The van der Waals surface area contributed by atoms with Gasteiger partial charge in [0.2, 0.25) is 5.91 Å². The molecule has 0 spiro atoms. The average molecular weight is 406 g/mol. The molecule has 1 fully saturated rings. The van der Waals surface area contributed by atoms with Gasteiger partial charge in [0.1, 0.15) is 5.75 Å². The lowest BCUT2D eigenvalue weighted by Crippen LogP contribution is -2.45. The Hall–Kier alpha value is -2.79. The highest BCUT2D eigenvalue weighted by Crippen LogP contribution is 2.35. The normalized spacial score (nSPS) is 16.5. The second-order valence-electron chi connectivity index (χ2n) is 8.45. The number of rotatable bonds is 5. The van der Waals surface area contributed by atoms with E-state index in [2.05, 4.69) is 45.7 Å². The number of carbonyl (C=O) groups excluding carboxylic acids is 1. The molecule has 1 aliphatic rings. The molecule has 158 valence electrons. The Balaban J connectivity index is 1.40. The molecular formula is C25H31N3O2. The number of carbonyl (C=O) groups is 1. The molecule has 0 aliphatic carbocycles. The molecular weight excluding hydrogens is 374 g/mol. The van der Waals surface area contributed by atoms with Gasteiger partial charge in [0.05, 0.1) is 13.2 Å². The second kappa shape index (κ2) is 8.52. The van der Waals surface area contributed by atoms with Crippen molar-refractivity contribution in [2.75, 3.05) is 25.5 Å². The number of fused-ring (bicyclic) bond motifs is 1. The quantitative estimate of drug-likeness (QED) is 0.628. The van der Waals surface area contributed by atoms with Crippen molar-refractivity contribution in [1.29, 1.82) is 0 Å². The number of hydrogen-bond acceptors (Lipinski definition) is 3. The van der Waals surface area contributed by atoms with Crippen LogP contribution in [0.1, 0.15) is 42.4 Å². The van der Waals surface area contributed by atoms with Crippen LogP contribution in [0.4, 0.5) is 5.69 Å². The van der Waals surface area contributed by atoms with Gasteiger partial charge in [0, 0.05) is 22.8 Å². The van der Waals surface area contributed by atoms with Gasteiger partial charge < -0.3 is 15.0 Å². The zero-order valence-electron chi connectivity index (χ0n) is 18.3. The van der Waals surface area contributed by atoms with Crippen LogP contribution in [-0.4, -0.2) is 42.0 Å². The minimum Gasteiger partial charge on any atom is -0.497 e. The summed E-state index contributed by atoms with van der Waals surface area (Å²) < 4.78 is 5.41. The summed E-state index contributed by atoms with van der Waals surface area (Å²) >= 11 is 0. The first-order valence-corrected chi connectivity index (χ1v) is 10.7. The van der Waals surface area contributed by atoms with E-state index in [1.54, 1.807) is 7.11 Å². The summed E-state index contributed by atoms with van der Waals surface area (Å²) in [6.45, 7) is 7.92. The Bertz CT molecular complexity index is 1050. The lowest BCUT2D eigenvalue weighted by Gasteiger charge is -2.35. The highest BCUT2D eigenvalue weighted by molar-refractivity contribution is 5.95. The number of ether oxygens (including phenoxy) is 1. The number of H-pyrrole nitrogens is 1. The molecule has 2 aromatic carbocycles. The molecule has 5 nitrogen and oxygen atoms in total. The van der Waals surface area contributed by atoms with Crippen LogP contribution in [0, 0.1) is 13.8 Å². The van der Waals surface area contributed by atoms with Gasteiger partial charge in [-0.2, -0.15) is 0 Å². The van der Waals surface area contributed by atoms with E-state index in [9.17, 15) is 4.79 Å². The zero-order valence-corrected chi connectivity index (χ0v) is 18.3. The molecule has 1 unspecified atom stereocenters. The predicted octanol–water partition coefficient (Wildman–Crippen LogP) is 5.00. The van der Waals surface area contributed by atoms with Gasteiger partial charge in [-0.3, -0.25) is 9.69 Å². The van der Waals surface area contributed by atoms with E-state index in [4.69, 9.17) is 4.74 Å². The van der Waals surface area contributed by atoms with Gasteiger partial charge in [-0.05, 0) is 93.6 Å².